The van der Waals surface area contributed by atoms with Crippen LogP contribution in [0, 0.1) is 5.82 Å². The average Bonchev–Trinajstić information content (AvgIpc) is 2.86. The van der Waals surface area contributed by atoms with Gasteiger partial charge in [-0.2, -0.15) is 0 Å². The summed E-state index contributed by atoms with van der Waals surface area (Å²) in [6.45, 7) is 2.03. The fraction of sp³-hybridized carbons (Fsp3) is 0.286. The van der Waals surface area contributed by atoms with Crippen LogP contribution in [-0.2, 0) is 6.42 Å². The number of thiophene rings is 1. The molecule has 0 saturated carbocycles. The van der Waals surface area contributed by atoms with Crippen LogP contribution in [0.3, 0.4) is 0 Å². The van der Waals surface area contributed by atoms with E-state index in [1.165, 1.54) is 10.3 Å². The van der Waals surface area contributed by atoms with E-state index >= 15 is 0 Å². The number of benzene rings is 1. The van der Waals surface area contributed by atoms with Gasteiger partial charge in [0, 0.05) is 16.5 Å². The molecule has 0 aliphatic heterocycles. The molecule has 1 nitrogen and oxygen atoms in total. The molecule has 1 aromatic carbocycles. The molecule has 1 unspecified atom stereocenters. The molecule has 0 radical (unpaired) electrons. The molecule has 1 atom stereocenters. The molecule has 18 heavy (non-hydrogen) atoms. The van der Waals surface area contributed by atoms with Crippen molar-refractivity contribution in [3.8, 4) is 0 Å². The quantitative estimate of drug-likeness (QED) is 0.883. The Morgan fingerprint density at radius 1 is 1.33 bits per heavy atom. The lowest BCUT2D eigenvalue weighted by molar-refractivity contribution is 0.571. The van der Waals surface area contributed by atoms with Crippen LogP contribution in [0.2, 0.25) is 0 Å². The smallest absolute Gasteiger partial charge is 0.127 e. The molecular formula is C14H16FNS2. The lowest BCUT2D eigenvalue weighted by Gasteiger charge is -2.13. The SMILES string of the molecule is CCC(N)Cc1c(F)cccc1Sc1cccs1. The number of halogens is 1. The lowest BCUT2D eigenvalue weighted by Crippen LogP contribution is -2.22. The van der Waals surface area contributed by atoms with E-state index in [-0.39, 0.29) is 11.9 Å². The first-order chi connectivity index (χ1) is 8.70. The second-order valence-corrected chi connectivity index (χ2v) is 6.41. The normalized spacial score (nSPS) is 12.6. The van der Waals surface area contributed by atoms with Gasteiger partial charge in [0.15, 0.2) is 0 Å². The number of rotatable bonds is 5. The highest BCUT2D eigenvalue weighted by Crippen LogP contribution is 2.34. The molecule has 2 aromatic rings. The van der Waals surface area contributed by atoms with Crippen LogP contribution in [0.25, 0.3) is 0 Å². The molecule has 0 bridgehead atoms. The minimum Gasteiger partial charge on any atom is -0.327 e. The predicted molar refractivity (Wildman–Crippen MR) is 76.8 cm³/mol. The molecule has 1 aromatic heterocycles. The maximum atomic E-state index is 13.9. The van der Waals surface area contributed by atoms with Gasteiger partial charge in [0.25, 0.3) is 0 Å². The van der Waals surface area contributed by atoms with Crippen LogP contribution in [0.4, 0.5) is 4.39 Å². The van der Waals surface area contributed by atoms with E-state index in [4.69, 9.17) is 5.73 Å². The van der Waals surface area contributed by atoms with Crippen LogP contribution in [0.15, 0.2) is 44.8 Å². The first-order valence-electron chi connectivity index (χ1n) is 5.95. The van der Waals surface area contributed by atoms with E-state index in [1.807, 2.05) is 30.5 Å². The van der Waals surface area contributed by atoms with Crippen molar-refractivity contribution in [3.05, 3.63) is 47.1 Å². The fourth-order valence-electron chi connectivity index (χ4n) is 1.67. The molecule has 0 saturated heterocycles. The lowest BCUT2D eigenvalue weighted by atomic mass is 10.0. The van der Waals surface area contributed by atoms with E-state index in [9.17, 15) is 4.39 Å². The van der Waals surface area contributed by atoms with Crippen molar-refractivity contribution in [1.29, 1.82) is 0 Å². The van der Waals surface area contributed by atoms with Crippen molar-refractivity contribution in [2.24, 2.45) is 5.73 Å². The minimum atomic E-state index is -0.152. The average molecular weight is 281 g/mol. The highest BCUT2D eigenvalue weighted by molar-refractivity contribution is 8.01. The summed E-state index contributed by atoms with van der Waals surface area (Å²) in [4.78, 5) is 0.973. The van der Waals surface area contributed by atoms with E-state index in [0.29, 0.717) is 6.42 Å². The van der Waals surface area contributed by atoms with Gasteiger partial charge in [-0.15, -0.1) is 11.3 Å². The number of hydrogen-bond donors (Lipinski definition) is 1. The predicted octanol–water partition coefficient (Wildman–Crippen LogP) is 4.32. The Labute approximate surface area is 115 Å². The highest BCUT2D eigenvalue weighted by atomic mass is 32.2. The Morgan fingerprint density at radius 3 is 2.83 bits per heavy atom. The Hall–Kier alpha value is -0.840. The zero-order valence-electron chi connectivity index (χ0n) is 10.2. The molecule has 0 amide bonds. The summed E-state index contributed by atoms with van der Waals surface area (Å²) in [6, 6.07) is 9.30. The second-order valence-electron chi connectivity index (χ2n) is 4.12. The third kappa shape index (κ3) is 3.34. The molecular weight excluding hydrogens is 265 g/mol. The van der Waals surface area contributed by atoms with Crippen molar-refractivity contribution in [2.75, 3.05) is 0 Å². The third-order valence-electron chi connectivity index (χ3n) is 2.77. The summed E-state index contributed by atoms with van der Waals surface area (Å²) in [5.41, 5.74) is 6.68. The Balaban J connectivity index is 2.26. The van der Waals surface area contributed by atoms with Crippen LogP contribution in [0.1, 0.15) is 18.9 Å². The van der Waals surface area contributed by atoms with Gasteiger partial charge in [-0.3, -0.25) is 0 Å². The van der Waals surface area contributed by atoms with Crippen molar-refractivity contribution in [1.82, 2.24) is 0 Å². The highest BCUT2D eigenvalue weighted by Gasteiger charge is 2.13. The van der Waals surface area contributed by atoms with Gasteiger partial charge in [-0.05, 0) is 36.4 Å². The molecule has 0 spiro atoms. The zero-order valence-corrected chi connectivity index (χ0v) is 11.9. The van der Waals surface area contributed by atoms with Crippen molar-refractivity contribution in [2.45, 2.75) is 34.9 Å². The van der Waals surface area contributed by atoms with Crippen LogP contribution in [0.5, 0.6) is 0 Å². The van der Waals surface area contributed by atoms with E-state index < -0.39 is 0 Å². The summed E-state index contributed by atoms with van der Waals surface area (Å²) in [5, 5.41) is 2.03. The van der Waals surface area contributed by atoms with E-state index in [2.05, 4.69) is 0 Å². The summed E-state index contributed by atoms with van der Waals surface area (Å²) in [6.07, 6.45) is 1.45. The summed E-state index contributed by atoms with van der Waals surface area (Å²) >= 11 is 3.28. The maximum absolute atomic E-state index is 13.9. The van der Waals surface area contributed by atoms with Crippen molar-refractivity contribution < 1.29 is 4.39 Å². The first-order valence-corrected chi connectivity index (χ1v) is 7.64. The summed E-state index contributed by atoms with van der Waals surface area (Å²) < 4.78 is 15.1. The van der Waals surface area contributed by atoms with Gasteiger partial charge >= 0.3 is 0 Å². The maximum Gasteiger partial charge on any atom is 0.127 e. The van der Waals surface area contributed by atoms with Crippen molar-refractivity contribution in [3.63, 3.8) is 0 Å². The van der Waals surface area contributed by atoms with Gasteiger partial charge in [-0.25, -0.2) is 4.39 Å². The largest absolute Gasteiger partial charge is 0.327 e. The fourth-order valence-corrected chi connectivity index (χ4v) is 3.56. The van der Waals surface area contributed by atoms with Crippen molar-refractivity contribution >= 4 is 23.1 Å². The Morgan fingerprint density at radius 2 is 2.17 bits per heavy atom. The second kappa shape index (κ2) is 6.36. The molecule has 1 heterocycles. The molecule has 4 heteroatoms. The summed E-state index contributed by atoms with van der Waals surface area (Å²) in [5.74, 6) is -0.152. The summed E-state index contributed by atoms with van der Waals surface area (Å²) in [7, 11) is 0. The zero-order chi connectivity index (χ0) is 13.0. The topological polar surface area (TPSA) is 26.0 Å². The molecule has 0 aliphatic rings. The van der Waals surface area contributed by atoms with Gasteiger partial charge in [0.1, 0.15) is 5.82 Å². The third-order valence-corrected chi connectivity index (χ3v) is 4.91. The molecule has 2 N–H and O–H groups in total. The standard InChI is InChI=1S/C14H16FNS2/c1-2-10(16)9-11-12(15)5-3-6-13(11)18-14-7-4-8-17-14/h3-8,10H,2,9,16H2,1H3. The molecule has 0 aliphatic carbocycles. The monoisotopic (exact) mass is 281 g/mol. The number of nitrogens with two attached hydrogens (primary N) is 1. The van der Waals surface area contributed by atoms with E-state index in [0.717, 1.165) is 16.9 Å². The molecule has 0 fully saturated rings. The number of hydrogen-bond acceptors (Lipinski definition) is 3. The molecule has 96 valence electrons. The first kappa shape index (κ1) is 13.6. The van der Waals surface area contributed by atoms with Crippen LogP contribution < -0.4 is 5.73 Å². The molecule has 2 rings (SSSR count). The minimum absolute atomic E-state index is 0.0181. The van der Waals surface area contributed by atoms with E-state index in [1.54, 1.807) is 29.2 Å². The van der Waals surface area contributed by atoms with Crippen LogP contribution in [-0.4, -0.2) is 6.04 Å². The van der Waals surface area contributed by atoms with Crippen LogP contribution >= 0.6 is 23.1 Å². The van der Waals surface area contributed by atoms with Gasteiger partial charge in [0.2, 0.25) is 0 Å². The Bertz CT molecular complexity index is 497. The van der Waals surface area contributed by atoms with Gasteiger partial charge in [0.05, 0.1) is 4.21 Å². The Kier molecular flexibility index (Phi) is 4.80. The van der Waals surface area contributed by atoms with Gasteiger partial charge < -0.3 is 5.73 Å². The van der Waals surface area contributed by atoms with Gasteiger partial charge in [-0.1, -0.05) is 30.8 Å².